The van der Waals surface area contributed by atoms with Crippen LogP contribution in [0.3, 0.4) is 0 Å². The van der Waals surface area contributed by atoms with Gasteiger partial charge in [0.15, 0.2) is 5.78 Å². The molecule has 3 nitrogen and oxygen atoms in total. The Morgan fingerprint density at radius 2 is 2.10 bits per heavy atom. The van der Waals surface area contributed by atoms with E-state index in [1.807, 2.05) is 12.1 Å². The summed E-state index contributed by atoms with van der Waals surface area (Å²) in [6.07, 6.45) is 6.46. The summed E-state index contributed by atoms with van der Waals surface area (Å²) >= 11 is 0. The second-order valence-corrected chi connectivity index (χ2v) is 6.00. The molecule has 2 atom stereocenters. The molecule has 20 heavy (non-hydrogen) atoms. The number of carbonyl (C=O) groups excluding carboxylic acids is 1. The minimum absolute atomic E-state index is 0.0887. The van der Waals surface area contributed by atoms with Gasteiger partial charge in [0.1, 0.15) is 5.75 Å². The molecule has 0 bridgehead atoms. The third kappa shape index (κ3) is 2.47. The number of para-hydroxylation sites is 1. The average molecular weight is 273 g/mol. The van der Waals surface area contributed by atoms with E-state index in [1.54, 1.807) is 0 Å². The number of benzene rings is 1. The highest BCUT2D eigenvalue weighted by Gasteiger charge is 2.32. The van der Waals surface area contributed by atoms with E-state index in [-0.39, 0.29) is 11.7 Å². The van der Waals surface area contributed by atoms with Crippen molar-refractivity contribution in [2.24, 2.45) is 17.6 Å². The monoisotopic (exact) mass is 273 g/mol. The largest absolute Gasteiger partial charge is 0.493 e. The first-order valence-corrected chi connectivity index (χ1v) is 7.80. The van der Waals surface area contributed by atoms with Crippen molar-refractivity contribution in [3.63, 3.8) is 0 Å². The summed E-state index contributed by atoms with van der Waals surface area (Å²) in [4.78, 5) is 12.9. The fourth-order valence-corrected chi connectivity index (χ4v) is 3.62. The molecule has 2 unspecified atom stereocenters. The zero-order chi connectivity index (χ0) is 13.9. The van der Waals surface area contributed by atoms with Crippen LogP contribution < -0.4 is 10.5 Å². The maximum absolute atomic E-state index is 12.9. The van der Waals surface area contributed by atoms with Gasteiger partial charge in [-0.15, -0.1) is 0 Å². The van der Waals surface area contributed by atoms with Gasteiger partial charge in [-0.3, -0.25) is 4.79 Å². The van der Waals surface area contributed by atoms with E-state index >= 15 is 0 Å². The molecule has 1 fully saturated rings. The van der Waals surface area contributed by atoms with Crippen LogP contribution in [0.15, 0.2) is 18.2 Å². The van der Waals surface area contributed by atoms with E-state index in [2.05, 4.69) is 6.07 Å². The molecule has 0 radical (unpaired) electrons. The number of ether oxygens (including phenoxy) is 1. The smallest absolute Gasteiger partial charge is 0.169 e. The van der Waals surface area contributed by atoms with Gasteiger partial charge in [0.05, 0.1) is 12.2 Å². The van der Waals surface area contributed by atoms with E-state index < -0.39 is 0 Å². The number of hydrogen-bond acceptors (Lipinski definition) is 3. The Morgan fingerprint density at radius 1 is 1.25 bits per heavy atom. The Labute approximate surface area is 120 Å². The van der Waals surface area contributed by atoms with Gasteiger partial charge in [-0.05, 0) is 49.8 Å². The second-order valence-electron chi connectivity index (χ2n) is 6.00. The van der Waals surface area contributed by atoms with Crippen molar-refractivity contribution in [1.82, 2.24) is 0 Å². The molecule has 1 aromatic carbocycles. The summed E-state index contributed by atoms with van der Waals surface area (Å²) in [6.45, 7) is 1.34. The Kier molecular flexibility index (Phi) is 4.06. The van der Waals surface area contributed by atoms with Crippen LogP contribution >= 0.6 is 0 Å². The highest BCUT2D eigenvalue weighted by atomic mass is 16.5. The summed E-state index contributed by atoms with van der Waals surface area (Å²) in [5.74, 6) is 1.52. The molecular weight excluding hydrogens is 250 g/mol. The molecule has 108 valence electrons. The average Bonchev–Trinajstić information content (AvgIpc) is 2.53. The molecule has 0 aromatic heterocycles. The first-order valence-electron chi connectivity index (χ1n) is 7.80. The van der Waals surface area contributed by atoms with Gasteiger partial charge in [-0.2, -0.15) is 0 Å². The van der Waals surface area contributed by atoms with Crippen molar-refractivity contribution in [3.8, 4) is 5.75 Å². The zero-order valence-corrected chi connectivity index (χ0v) is 11.9. The first-order chi connectivity index (χ1) is 9.81. The number of carbonyl (C=O) groups is 1. The SMILES string of the molecule is NCC1CCCCC1C(=O)c1cccc2c1OCCC2. The lowest BCUT2D eigenvalue weighted by atomic mass is 9.75. The van der Waals surface area contributed by atoms with E-state index in [4.69, 9.17) is 10.5 Å². The molecule has 0 spiro atoms. The van der Waals surface area contributed by atoms with E-state index in [1.165, 1.54) is 12.0 Å². The molecule has 2 aliphatic rings. The number of nitrogens with two attached hydrogens (primary N) is 1. The Balaban J connectivity index is 1.90. The van der Waals surface area contributed by atoms with E-state index in [9.17, 15) is 4.79 Å². The van der Waals surface area contributed by atoms with Gasteiger partial charge in [-0.1, -0.05) is 25.0 Å². The van der Waals surface area contributed by atoms with Crippen molar-refractivity contribution in [2.75, 3.05) is 13.2 Å². The van der Waals surface area contributed by atoms with Crippen LogP contribution in [0.1, 0.15) is 48.0 Å². The molecule has 1 aliphatic heterocycles. The van der Waals surface area contributed by atoms with Crippen molar-refractivity contribution in [3.05, 3.63) is 29.3 Å². The molecule has 1 aromatic rings. The number of rotatable bonds is 3. The van der Waals surface area contributed by atoms with Crippen LogP contribution in [0, 0.1) is 11.8 Å². The lowest BCUT2D eigenvalue weighted by Gasteiger charge is -2.30. The lowest BCUT2D eigenvalue weighted by molar-refractivity contribution is 0.0824. The zero-order valence-electron chi connectivity index (χ0n) is 11.9. The van der Waals surface area contributed by atoms with E-state index in [0.29, 0.717) is 12.5 Å². The van der Waals surface area contributed by atoms with Crippen LogP contribution in [-0.4, -0.2) is 18.9 Å². The normalized spacial score (nSPS) is 25.6. The summed E-state index contributed by atoms with van der Waals surface area (Å²) in [5.41, 5.74) is 7.83. The van der Waals surface area contributed by atoms with Gasteiger partial charge in [0, 0.05) is 5.92 Å². The number of fused-ring (bicyclic) bond motifs is 1. The van der Waals surface area contributed by atoms with E-state index in [0.717, 1.165) is 50.0 Å². The van der Waals surface area contributed by atoms with Crippen molar-refractivity contribution in [1.29, 1.82) is 0 Å². The van der Waals surface area contributed by atoms with Crippen molar-refractivity contribution >= 4 is 5.78 Å². The molecular formula is C17H23NO2. The topological polar surface area (TPSA) is 52.3 Å². The van der Waals surface area contributed by atoms with Crippen molar-refractivity contribution < 1.29 is 9.53 Å². The first kappa shape index (κ1) is 13.6. The number of Topliss-reactive ketones (excluding diaryl/α,β-unsaturated/α-hetero) is 1. The molecule has 2 N–H and O–H groups in total. The Bertz CT molecular complexity index is 498. The fourth-order valence-electron chi connectivity index (χ4n) is 3.62. The molecule has 0 saturated heterocycles. The van der Waals surface area contributed by atoms with Gasteiger partial charge in [-0.25, -0.2) is 0 Å². The maximum Gasteiger partial charge on any atom is 0.169 e. The quantitative estimate of drug-likeness (QED) is 0.861. The van der Waals surface area contributed by atoms with Crippen LogP contribution in [0.5, 0.6) is 5.75 Å². The number of ketones is 1. The third-order valence-corrected chi connectivity index (χ3v) is 4.75. The summed E-state index contributed by atoms with van der Waals surface area (Å²) in [6, 6.07) is 5.99. The Morgan fingerprint density at radius 3 is 2.95 bits per heavy atom. The van der Waals surface area contributed by atoms with Crippen LogP contribution in [0.2, 0.25) is 0 Å². The van der Waals surface area contributed by atoms with Gasteiger partial charge < -0.3 is 10.5 Å². The van der Waals surface area contributed by atoms with Gasteiger partial charge in [0.25, 0.3) is 0 Å². The lowest BCUT2D eigenvalue weighted by Crippen LogP contribution is -2.32. The predicted molar refractivity (Wildman–Crippen MR) is 79.1 cm³/mol. The molecule has 1 heterocycles. The highest BCUT2D eigenvalue weighted by Crippen LogP contribution is 2.36. The standard InChI is InChI=1S/C17H23NO2/c18-11-13-5-1-2-8-14(13)16(19)15-9-3-6-12-7-4-10-20-17(12)15/h3,6,9,13-14H,1-2,4-5,7-8,10-11,18H2. The third-order valence-electron chi connectivity index (χ3n) is 4.75. The molecule has 1 saturated carbocycles. The summed E-state index contributed by atoms with van der Waals surface area (Å²) in [5, 5.41) is 0. The molecule has 3 heteroatoms. The van der Waals surface area contributed by atoms with Crippen molar-refractivity contribution in [2.45, 2.75) is 38.5 Å². The predicted octanol–water partition coefficient (Wildman–Crippen LogP) is 2.96. The summed E-state index contributed by atoms with van der Waals surface area (Å²) in [7, 11) is 0. The minimum atomic E-state index is 0.0887. The fraction of sp³-hybridized carbons (Fsp3) is 0.588. The summed E-state index contributed by atoms with van der Waals surface area (Å²) < 4.78 is 5.78. The van der Waals surface area contributed by atoms with Gasteiger partial charge in [0.2, 0.25) is 0 Å². The molecule has 1 aliphatic carbocycles. The number of aryl methyl sites for hydroxylation is 1. The minimum Gasteiger partial charge on any atom is -0.493 e. The van der Waals surface area contributed by atoms with Crippen LogP contribution in [-0.2, 0) is 6.42 Å². The second kappa shape index (κ2) is 5.96. The Hall–Kier alpha value is -1.35. The molecule has 0 amide bonds. The number of hydrogen-bond donors (Lipinski definition) is 1. The van der Waals surface area contributed by atoms with Crippen LogP contribution in [0.4, 0.5) is 0 Å². The molecule has 3 rings (SSSR count). The van der Waals surface area contributed by atoms with Crippen LogP contribution in [0.25, 0.3) is 0 Å². The van der Waals surface area contributed by atoms with Gasteiger partial charge >= 0.3 is 0 Å². The maximum atomic E-state index is 12.9. The highest BCUT2D eigenvalue weighted by molar-refractivity contribution is 6.01.